The molecule has 10 heteroatoms. The second-order valence-corrected chi connectivity index (χ2v) is 6.30. The molecule has 5 N–H and O–H groups in total. The summed E-state index contributed by atoms with van der Waals surface area (Å²) < 4.78 is 29.6. The van der Waals surface area contributed by atoms with Crippen LogP contribution in [-0.2, 0) is 10.1 Å². The molecule has 0 aliphatic rings. The van der Waals surface area contributed by atoms with Crippen LogP contribution in [0.2, 0.25) is 0 Å². The summed E-state index contributed by atoms with van der Waals surface area (Å²) in [6.45, 7) is 1.84. The van der Waals surface area contributed by atoms with E-state index in [-0.39, 0.29) is 10.9 Å². The minimum absolute atomic E-state index is 0.0666. The van der Waals surface area contributed by atoms with Crippen molar-refractivity contribution in [3.63, 3.8) is 0 Å². The molecule has 0 saturated heterocycles. The highest BCUT2D eigenvalue weighted by atomic mass is 32.2. The lowest BCUT2D eigenvalue weighted by molar-refractivity contribution is 0.228. The van der Waals surface area contributed by atoms with Gasteiger partial charge in [-0.2, -0.15) is 18.8 Å². The van der Waals surface area contributed by atoms with Crippen molar-refractivity contribution in [3.05, 3.63) is 65.2 Å². The van der Waals surface area contributed by atoms with Gasteiger partial charge in [0.25, 0.3) is 10.1 Å². The molecule has 9 nitrogen and oxygen atoms in total. The van der Waals surface area contributed by atoms with Crippen molar-refractivity contribution in [2.45, 2.75) is 11.8 Å². The Balaban J connectivity index is 0.000000273. The molecular weight excluding hydrogens is 358 g/mol. The van der Waals surface area contributed by atoms with Crippen molar-refractivity contribution in [3.8, 4) is 6.07 Å². The molecule has 2 rings (SSSR count). The Hall–Kier alpha value is -3.26. The zero-order valence-corrected chi connectivity index (χ0v) is 14.5. The lowest BCUT2D eigenvalue weighted by Gasteiger charge is -1.98. The molecule has 0 atom stereocenters. The molecule has 0 aliphatic heterocycles. The van der Waals surface area contributed by atoms with E-state index >= 15 is 0 Å². The summed E-state index contributed by atoms with van der Waals surface area (Å²) in [4.78, 5) is -0.0666. The summed E-state index contributed by atoms with van der Waals surface area (Å²) >= 11 is 0. The van der Waals surface area contributed by atoms with Gasteiger partial charge in [0.15, 0.2) is 0 Å². The third-order valence-electron chi connectivity index (χ3n) is 2.86. The topological polar surface area (TPSA) is 159 Å². The van der Waals surface area contributed by atoms with Crippen molar-refractivity contribution in [2.75, 3.05) is 0 Å². The summed E-state index contributed by atoms with van der Waals surface area (Å²) in [5.74, 6) is -0.320. The van der Waals surface area contributed by atoms with E-state index in [4.69, 9.17) is 20.4 Å². The first-order valence-corrected chi connectivity index (χ1v) is 8.52. The van der Waals surface area contributed by atoms with Crippen molar-refractivity contribution < 1.29 is 18.2 Å². The Morgan fingerprint density at radius 1 is 1.19 bits per heavy atom. The number of nitrogens with zero attached hydrogens (tertiary/aromatic N) is 2. The first-order valence-electron chi connectivity index (χ1n) is 7.08. The van der Waals surface area contributed by atoms with Crippen LogP contribution in [0.5, 0.6) is 0 Å². The van der Waals surface area contributed by atoms with E-state index < -0.39 is 10.1 Å². The molecule has 0 heterocycles. The van der Waals surface area contributed by atoms with E-state index in [1.54, 1.807) is 41.9 Å². The van der Waals surface area contributed by atoms with Crippen molar-refractivity contribution in [2.24, 2.45) is 5.10 Å². The van der Waals surface area contributed by atoms with Gasteiger partial charge >= 0.3 is 0 Å². The third kappa shape index (κ3) is 7.54. The van der Waals surface area contributed by atoms with Crippen LogP contribution in [0.15, 0.2) is 58.5 Å². The molecule has 0 spiro atoms. The highest BCUT2D eigenvalue weighted by molar-refractivity contribution is 7.85. The van der Waals surface area contributed by atoms with Crippen molar-refractivity contribution in [1.82, 2.24) is 10.9 Å². The molecule has 0 saturated carbocycles. The molecular formula is C16H17N5O4S. The van der Waals surface area contributed by atoms with E-state index in [9.17, 15) is 8.42 Å². The summed E-state index contributed by atoms with van der Waals surface area (Å²) in [5.41, 5.74) is 6.14. The van der Waals surface area contributed by atoms with Crippen LogP contribution < -0.4 is 10.9 Å². The summed E-state index contributed by atoms with van der Waals surface area (Å²) in [6.07, 6.45) is 1.47. The number of hydrazone groups is 1. The highest BCUT2D eigenvalue weighted by Crippen LogP contribution is 2.08. The van der Waals surface area contributed by atoms with Gasteiger partial charge in [-0.25, -0.2) is 10.9 Å². The number of guanidine groups is 1. The second-order valence-electron chi connectivity index (χ2n) is 4.88. The minimum Gasteiger partial charge on any atom is -0.288 e. The summed E-state index contributed by atoms with van der Waals surface area (Å²) in [5, 5.41) is 27.4. The summed E-state index contributed by atoms with van der Waals surface area (Å²) in [7, 11) is -4.02. The smallest absolute Gasteiger partial charge is 0.288 e. The molecule has 0 aromatic heterocycles. The lowest BCUT2D eigenvalue weighted by atomic mass is 10.2. The highest BCUT2D eigenvalue weighted by Gasteiger charge is 2.06. The number of hydrogen-bond acceptors (Lipinski definition) is 6. The standard InChI is InChI=1S/C9H9N5O.C7H8O3S/c10-5-7-1-3-8(4-2-7)6-12-13-9(11)14-15;1-6-2-4-7(5-3-6)11(8,9)10/h1-4,6,15H,(H3,11,13,14);2-5H,1H3,(H,8,9,10). The largest absolute Gasteiger partial charge is 0.294 e. The van der Waals surface area contributed by atoms with E-state index in [1.807, 2.05) is 13.0 Å². The number of rotatable bonds is 3. The Morgan fingerprint density at radius 3 is 2.23 bits per heavy atom. The third-order valence-corrected chi connectivity index (χ3v) is 3.73. The minimum atomic E-state index is -4.02. The average Bonchev–Trinajstić information content (AvgIpc) is 2.62. The van der Waals surface area contributed by atoms with Gasteiger partial charge in [-0.1, -0.05) is 29.8 Å². The maximum atomic E-state index is 10.5. The first-order chi connectivity index (χ1) is 12.3. The number of nitriles is 1. The molecule has 26 heavy (non-hydrogen) atoms. The van der Waals surface area contributed by atoms with Crippen molar-refractivity contribution in [1.29, 1.82) is 10.7 Å². The SMILES string of the molecule is Cc1ccc(S(=O)(=O)O)cc1.N#Cc1ccc(C=NNC(=N)NO)cc1. The van der Waals surface area contributed by atoms with Gasteiger partial charge in [-0.15, -0.1) is 0 Å². The zero-order valence-electron chi connectivity index (χ0n) is 13.7. The predicted molar refractivity (Wildman–Crippen MR) is 95.5 cm³/mol. The Bertz CT molecular complexity index is 901. The van der Waals surface area contributed by atoms with Crippen LogP contribution in [0.3, 0.4) is 0 Å². The molecule has 0 bridgehead atoms. The fourth-order valence-electron chi connectivity index (χ4n) is 1.55. The van der Waals surface area contributed by atoms with Crippen LogP contribution in [-0.4, -0.2) is 30.4 Å². The second kappa shape index (κ2) is 9.90. The van der Waals surface area contributed by atoms with E-state index in [1.165, 1.54) is 18.3 Å². The molecule has 2 aromatic rings. The molecule has 136 valence electrons. The molecule has 0 amide bonds. The van der Waals surface area contributed by atoms with Crippen LogP contribution in [0, 0.1) is 23.7 Å². The van der Waals surface area contributed by atoms with Gasteiger partial charge in [-0.05, 0) is 36.8 Å². The Morgan fingerprint density at radius 2 is 1.77 bits per heavy atom. The van der Waals surface area contributed by atoms with Gasteiger partial charge in [0.1, 0.15) is 0 Å². The van der Waals surface area contributed by atoms with Crippen LogP contribution in [0.25, 0.3) is 0 Å². The number of aryl methyl sites for hydroxylation is 1. The maximum Gasteiger partial charge on any atom is 0.294 e. The van der Waals surface area contributed by atoms with Crippen molar-refractivity contribution >= 4 is 22.3 Å². The Labute approximate surface area is 150 Å². The molecule has 0 radical (unpaired) electrons. The molecule has 0 aliphatic carbocycles. The van der Waals surface area contributed by atoms with Crippen LogP contribution in [0.1, 0.15) is 16.7 Å². The van der Waals surface area contributed by atoms with Crippen LogP contribution >= 0.6 is 0 Å². The number of benzene rings is 2. The normalized spacial score (nSPS) is 10.4. The molecule has 0 fully saturated rings. The maximum absolute atomic E-state index is 10.5. The number of hydrogen-bond donors (Lipinski definition) is 5. The fourth-order valence-corrected chi connectivity index (χ4v) is 2.03. The van der Waals surface area contributed by atoms with E-state index in [0.717, 1.165) is 11.1 Å². The summed E-state index contributed by atoms with van der Waals surface area (Å²) in [6, 6.07) is 14.8. The van der Waals surface area contributed by atoms with Crippen LogP contribution in [0.4, 0.5) is 0 Å². The number of hydroxylamine groups is 1. The van der Waals surface area contributed by atoms with Gasteiger partial charge < -0.3 is 0 Å². The predicted octanol–water partition coefficient (Wildman–Crippen LogP) is 1.64. The molecule has 0 unspecified atom stereocenters. The van der Waals surface area contributed by atoms with E-state index in [0.29, 0.717) is 5.56 Å². The Kier molecular flexibility index (Phi) is 7.91. The zero-order chi connectivity index (χ0) is 19.6. The van der Waals surface area contributed by atoms with Gasteiger partial charge in [-0.3, -0.25) is 15.2 Å². The monoisotopic (exact) mass is 375 g/mol. The average molecular weight is 375 g/mol. The number of nitrogens with one attached hydrogen (secondary N) is 3. The molecule has 2 aromatic carbocycles. The van der Waals surface area contributed by atoms with Gasteiger partial charge in [0.05, 0.1) is 22.7 Å². The van der Waals surface area contributed by atoms with E-state index in [2.05, 4.69) is 10.5 Å². The van der Waals surface area contributed by atoms with Gasteiger partial charge in [0.2, 0.25) is 5.96 Å². The first kappa shape index (κ1) is 20.8. The quantitative estimate of drug-likeness (QED) is 0.236. The van der Waals surface area contributed by atoms with Gasteiger partial charge in [0, 0.05) is 0 Å². The lowest BCUT2D eigenvalue weighted by Crippen LogP contribution is -2.30. The fraction of sp³-hybridized carbons (Fsp3) is 0.0625.